The zero-order chi connectivity index (χ0) is 23.5. The first-order chi connectivity index (χ1) is 15.2. The molecule has 1 aliphatic carbocycles. The van der Waals surface area contributed by atoms with Gasteiger partial charge in [0.2, 0.25) is 0 Å². The molecule has 0 aromatic heterocycles. The Morgan fingerprint density at radius 2 is 1.66 bits per heavy atom. The lowest BCUT2D eigenvalue weighted by Crippen LogP contribution is -2.24. The highest BCUT2D eigenvalue weighted by atomic mass is 19.3. The van der Waals surface area contributed by atoms with Crippen LogP contribution in [0.4, 0.5) is 22.0 Å². The van der Waals surface area contributed by atoms with Gasteiger partial charge in [0.25, 0.3) is 0 Å². The van der Waals surface area contributed by atoms with Crippen LogP contribution < -0.4 is 0 Å². The summed E-state index contributed by atoms with van der Waals surface area (Å²) in [7, 11) is 0. The standard InChI is InChI=1S/C25H26F5NO/c1-3-4-16-5-7-17(8-6-16)20-12-22(27)24(23(28)13-20)25(29,30)32-15(2)18-9-10-19(14-31)21(26)11-18/h9-13,15-17H,3-8H2,1-2H3. The highest BCUT2D eigenvalue weighted by molar-refractivity contribution is 5.34. The van der Waals surface area contributed by atoms with Crippen LogP contribution in [-0.2, 0) is 10.8 Å². The zero-order valence-electron chi connectivity index (χ0n) is 18.1. The smallest absolute Gasteiger partial charge is 0.309 e. The summed E-state index contributed by atoms with van der Waals surface area (Å²) < 4.78 is 77.3. The minimum absolute atomic E-state index is 0.0162. The van der Waals surface area contributed by atoms with Gasteiger partial charge in [-0.1, -0.05) is 25.8 Å². The molecule has 0 N–H and O–H groups in total. The molecule has 0 radical (unpaired) electrons. The second-order valence-corrected chi connectivity index (χ2v) is 8.49. The van der Waals surface area contributed by atoms with Crippen molar-refractivity contribution in [2.45, 2.75) is 70.5 Å². The van der Waals surface area contributed by atoms with E-state index in [0.29, 0.717) is 11.5 Å². The molecule has 0 spiro atoms. The number of halogens is 5. The highest BCUT2D eigenvalue weighted by Gasteiger charge is 2.42. The van der Waals surface area contributed by atoms with E-state index in [9.17, 15) is 22.0 Å². The normalized spacial score (nSPS) is 20.1. The maximum atomic E-state index is 14.7. The topological polar surface area (TPSA) is 33.0 Å². The van der Waals surface area contributed by atoms with Crippen molar-refractivity contribution in [1.82, 2.24) is 0 Å². The number of alkyl halides is 2. The molecule has 0 heterocycles. The van der Waals surface area contributed by atoms with Gasteiger partial charge in [0, 0.05) is 0 Å². The fraction of sp³-hybridized carbons (Fsp3) is 0.480. The van der Waals surface area contributed by atoms with Crippen molar-refractivity contribution in [3.8, 4) is 6.07 Å². The van der Waals surface area contributed by atoms with Crippen molar-refractivity contribution in [3.63, 3.8) is 0 Å². The monoisotopic (exact) mass is 451 g/mol. The first kappa shape index (κ1) is 24.2. The Balaban J connectivity index is 1.78. The number of rotatable bonds is 7. The van der Waals surface area contributed by atoms with Gasteiger partial charge in [-0.25, -0.2) is 13.2 Å². The molecule has 2 nitrogen and oxygen atoms in total. The summed E-state index contributed by atoms with van der Waals surface area (Å²) in [6.07, 6.45) is 0.0427. The molecule has 172 valence electrons. The SMILES string of the molecule is CCCC1CCC(c2cc(F)c(C(F)(F)OC(C)c3ccc(C#N)c(F)c3)c(F)c2)CC1. The Morgan fingerprint density at radius 1 is 1.03 bits per heavy atom. The summed E-state index contributed by atoms with van der Waals surface area (Å²) in [5.74, 6) is -3.07. The highest BCUT2D eigenvalue weighted by Crippen LogP contribution is 2.42. The fourth-order valence-corrected chi connectivity index (χ4v) is 4.52. The Bertz CT molecular complexity index is 969. The predicted molar refractivity (Wildman–Crippen MR) is 110 cm³/mol. The Kier molecular flexibility index (Phi) is 7.55. The molecule has 1 fully saturated rings. The van der Waals surface area contributed by atoms with Crippen molar-refractivity contribution in [3.05, 3.63) is 70.0 Å². The average molecular weight is 451 g/mol. The number of hydrogen-bond donors (Lipinski definition) is 0. The van der Waals surface area contributed by atoms with Gasteiger partial charge in [0.1, 0.15) is 29.1 Å². The molecule has 0 amide bonds. The summed E-state index contributed by atoms with van der Waals surface area (Å²) in [6.45, 7) is 3.34. The molecule has 7 heteroatoms. The van der Waals surface area contributed by atoms with Gasteiger partial charge in [-0.15, -0.1) is 0 Å². The van der Waals surface area contributed by atoms with E-state index >= 15 is 0 Å². The van der Waals surface area contributed by atoms with Crippen LogP contribution >= 0.6 is 0 Å². The zero-order valence-corrected chi connectivity index (χ0v) is 18.1. The van der Waals surface area contributed by atoms with E-state index in [1.54, 1.807) is 6.07 Å². The molecular weight excluding hydrogens is 425 g/mol. The van der Waals surface area contributed by atoms with Crippen molar-refractivity contribution < 1.29 is 26.7 Å². The van der Waals surface area contributed by atoms with E-state index in [1.165, 1.54) is 13.0 Å². The van der Waals surface area contributed by atoms with Crippen LogP contribution in [0.15, 0.2) is 30.3 Å². The average Bonchev–Trinajstić information content (AvgIpc) is 2.73. The van der Waals surface area contributed by atoms with E-state index in [-0.39, 0.29) is 17.0 Å². The first-order valence-corrected chi connectivity index (χ1v) is 10.9. The largest absolute Gasteiger partial charge is 0.389 e. The van der Waals surface area contributed by atoms with Gasteiger partial charge in [0.05, 0.1) is 11.7 Å². The number of benzene rings is 2. The fourth-order valence-electron chi connectivity index (χ4n) is 4.52. The molecule has 0 saturated heterocycles. The van der Waals surface area contributed by atoms with Crippen LogP contribution in [0.25, 0.3) is 0 Å². The summed E-state index contributed by atoms with van der Waals surface area (Å²) in [5, 5.41) is 8.77. The van der Waals surface area contributed by atoms with Crippen molar-refractivity contribution in [1.29, 1.82) is 5.26 Å². The molecule has 2 aromatic carbocycles. The number of hydrogen-bond acceptors (Lipinski definition) is 2. The molecule has 1 aliphatic rings. The first-order valence-electron chi connectivity index (χ1n) is 10.9. The second kappa shape index (κ2) is 9.99. The van der Waals surface area contributed by atoms with E-state index in [1.807, 2.05) is 0 Å². The minimum Gasteiger partial charge on any atom is -0.309 e. The second-order valence-electron chi connectivity index (χ2n) is 8.49. The maximum Gasteiger partial charge on any atom is 0.389 e. The van der Waals surface area contributed by atoms with Gasteiger partial charge < -0.3 is 4.74 Å². The Labute approximate surface area is 185 Å². The lowest BCUT2D eigenvalue weighted by Gasteiger charge is -2.29. The number of nitriles is 1. The van der Waals surface area contributed by atoms with Crippen LogP contribution in [-0.4, -0.2) is 0 Å². The van der Waals surface area contributed by atoms with Gasteiger partial charge in [0.15, 0.2) is 0 Å². The maximum absolute atomic E-state index is 14.7. The van der Waals surface area contributed by atoms with Crippen LogP contribution in [0.3, 0.4) is 0 Å². The summed E-state index contributed by atoms with van der Waals surface area (Å²) in [6, 6.07) is 6.87. The van der Waals surface area contributed by atoms with Crippen molar-refractivity contribution in [2.24, 2.45) is 5.92 Å². The van der Waals surface area contributed by atoms with Gasteiger partial charge in [-0.2, -0.15) is 14.0 Å². The van der Waals surface area contributed by atoms with Crippen molar-refractivity contribution in [2.75, 3.05) is 0 Å². The number of ether oxygens (including phenoxy) is 1. The van der Waals surface area contributed by atoms with Crippen molar-refractivity contribution >= 4 is 0 Å². The van der Waals surface area contributed by atoms with Gasteiger partial charge in [-0.05, 0) is 79.8 Å². The molecule has 0 bridgehead atoms. The lowest BCUT2D eigenvalue weighted by atomic mass is 9.77. The molecule has 1 unspecified atom stereocenters. The molecule has 1 atom stereocenters. The van der Waals surface area contributed by atoms with E-state index in [0.717, 1.165) is 62.8 Å². The van der Waals surface area contributed by atoms with E-state index < -0.39 is 35.2 Å². The Hall–Kier alpha value is -2.46. The third-order valence-corrected chi connectivity index (χ3v) is 6.28. The third-order valence-electron chi connectivity index (χ3n) is 6.28. The van der Waals surface area contributed by atoms with Crippen LogP contribution in [0, 0.1) is 34.7 Å². The van der Waals surface area contributed by atoms with Crippen LogP contribution in [0.2, 0.25) is 0 Å². The molecule has 1 saturated carbocycles. The predicted octanol–water partition coefficient (Wildman–Crippen LogP) is 7.88. The summed E-state index contributed by atoms with van der Waals surface area (Å²) in [5.41, 5.74) is -1.30. The summed E-state index contributed by atoms with van der Waals surface area (Å²) >= 11 is 0. The molecule has 2 aromatic rings. The molecular formula is C25H26F5NO. The van der Waals surface area contributed by atoms with Gasteiger partial charge >= 0.3 is 6.11 Å². The van der Waals surface area contributed by atoms with Gasteiger partial charge in [-0.3, -0.25) is 0 Å². The quantitative estimate of drug-likeness (QED) is 0.401. The number of nitrogens with zero attached hydrogens (tertiary/aromatic N) is 1. The van der Waals surface area contributed by atoms with Crippen LogP contribution in [0.1, 0.15) is 86.6 Å². The van der Waals surface area contributed by atoms with E-state index in [4.69, 9.17) is 5.26 Å². The molecule has 32 heavy (non-hydrogen) atoms. The molecule has 0 aliphatic heterocycles. The molecule has 3 rings (SSSR count). The minimum atomic E-state index is -4.27. The summed E-state index contributed by atoms with van der Waals surface area (Å²) in [4.78, 5) is 0. The Morgan fingerprint density at radius 3 is 2.19 bits per heavy atom. The van der Waals surface area contributed by atoms with Crippen LogP contribution in [0.5, 0.6) is 0 Å². The lowest BCUT2D eigenvalue weighted by molar-refractivity contribution is -0.275. The van der Waals surface area contributed by atoms with E-state index in [2.05, 4.69) is 11.7 Å². The third kappa shape index (κ3) is 5.29.